The lowest BCUT2D eigenvalue weighted by Crippen LogP contribution is -2.41. The molecule has 1 rings (SSSR count). The minimum atomic E-state index is -1.17. The van der Waals surface area contributed by atoms with Gasteiger partial charge in [-0.2, -0.15) is 0 Å². The minimum absolute atomic E-state index is 0.263. The molecule has 0 heterocycles. The first-order valence-electron chi connectivity index (χ1n) is 7.60. The molecule has 21 heavy (non-hydrogen) atoms. The monoisotopic (exact) mass is 292 g/mol. The first kappa shape index (κ1) is 17.5. The standard InChI is InChI=1S/C18H28O3/c1-14(13-17(2,3)4)11-12-18(5,16(19)20)21-15-9-7-6-8-10-15/h6-10,14H,11-13H2,1-5H3,(H,19,20). The van der Waals surface area contributed by atoms with Crippen molar-refractivity contribution in [1.29, 1.82) is 0 Å². The summed E-state index contributed by atoms with van der Waals surface area (Å²) in [5, 5.41) is 9.51. The highest BCUT2D eigenvalue weighted by Crippen LogP contribution is 2.30. The zero-order chi connectivity index (χ0) is 16.1. The molecule has 118 valence electrons. The number of rotatable bonds is 7. The molecule has 0 aromatic heterocycles. The number of carboxylic acid groups (broad SMARTS) is 1. The molecule has 1 N–H and O–H groups in total. The highest BCUT2D eigenvalue weighted by Gasteiger charge is 2.36. The van der Waals surface area contributed by atoms with Gasteiger partial charge < -0.3 is 9.84 Å². The van der Waals surface area contributed by atoms with Crippen LogP contribution in [0.25, 0.3) is 0 Å². The second-order valence-corrected chi connectivity index (χ2v) is 7.36. The Morgan fingerprint density at radius 1 is 1.19 bits per heavy atom. The Kier molecular flexibility index (Phi) is 5.82. The molecule has 3 heteroatoms. The lowest BCUT2D eigenvalue weighted by atomic mass is 9.82. The van der Waals surface area contributed by atoms with Gasteiger partial charge in [-0.05, 0) is 49.7 Å². The molecule has 0 aliphatic carbocycles. The Bertz CT molecular complexity index is 447. The van der Waals surface area contributed by atoms with E-state index >= 15 is 0 Å². The van der Waals surface area contributed by atoms with Crippen LogP contribution in [0.5, 0.6) is 5.75 Å². The largest absolute Gasteiger partial charge is 0.478 e. The van der Waals surface area contributed by atoms with Crippen molar-refractivity contribution >= 4 is 5.97 Å². The van der Waals surface area contributed by atoms with Crippen LogP contribution in [-0.4, -0.2) is 16.7 Å². The summed E-state index contributed by atoms with van der Waals surface area (Å²) >= 11 is 0. The van der Waals surface area contributed by atoms with Crippen molar-refractivity contribution in [1.82, 2.24) is 0 Å². The summed E-state index contributed by atoms with van der Waals surface area (Å²) < 4.78 is 5.74. The number of carbonyl (C=O) groups is 1. The van der Waals surface area contributed by atoms with Gasteiger partial charge in [0.1, 0.15) is 5.75 Å². The fourth-order valence-corrected chi connectivity index (χ4v) is 2.62. The van der Waals surface area contributed by atoms with E-state index in [4.69, 9.17) is 4.74 Å². The summed E-state index contributed by atoms with van der Waals surface area (Å²) in [6.45, 7) is 10.5. The van der Waals surface area contributed by atoms with E-state index in [1.165, 1.54) is 0 Å². The zero-order valence-electron chi connectivity index (χ0n) is 13.8. The lowest BCUT2D eigenvalue weighted by molar-refractivity contribution is -0.154. The number of hydrogen-bond acceptors (Lipinski definition) is 2. The Hall–Kier alpha value is -1.51. The van der Waals surface area contributed by atoms with Crippen LogP contribution >= 0.6 is 0 Å². The van der Waals surface area contributed by atoms with Crippen molar-refractivity contribution in [2.24, 2.45) is 11.3 Å². The molecule has 1 aromatic rings. The smallest absolute Gasteiger partial charge is 0.347 e. The predicted molar refractivity (Wildman–Crippen MR) is 85.6 cm³/mol. The molecule has 0 bridgehead atoms. The molecule has 0 fully saturated rings. The van der Waals surface area contributed by atoms with Crippen LogP contribution in [0, 0.1) is 11.3 Å². The van der Waals surface area contributed by atoms with Gasteiger partial charge in [0, 0.05) is 0 Å². The van der Waals surface area contributed by atoms with Crippen LogP contribution in [0.2, 0.25) is 0 Å². The number of carboxylic acids is 1. The van der Waals surface area contributed by atoms with Gasteiger partial charge in [-0.1, -0.05) is 45.9 Å². The average molecular weight is 292 g/mol. The third-order valence-corrected chi connectivity index (χ3v) is 3.61. The third-order valence-electron chi connectivity index (χ3n) is 3.61. The van der Waals surface area contributed by atoms with E-state index in [9.17, 15) is 9.90 Å². The molecule has 0 aliphatic rings. The normalized spacial score (nSPS) is 16.0. The van der Waals surface area contributed by atoms with E-state index in [-0.39, 0.29) is 5.41 Å². The van der Waals surface area contributed by atoms with E-state index < -0.39 is 11.6 Å². The topological polar surface area (TPSA) is 46.5 Å². The van der Waals surface area contributed by atoms with Crippen molar-refractivity contribution < 1.29 is 14.6 Å². The maximum Gasteiger partial charge on any atom is 0.347 e. The highest BCUT2D eigenvalue weighted by atomic mass is 16.5. The summed E-state index contributed by atoms with van der Waals surface area (Å²) in [5.41, 5.74) is -0.910. The maximum atomic E-state index is 11.6. The summed E-state index contributed by atoms with van der Waals surface area (Å²) in [5.74, 6) is 0.170. The summed E-state index contributed by atoms with van der Waals surface area (Å²) in [7, 11) is 0. The van der Waals surface area contributed by atoms with E-state index in [1.54, 1.807) is 19.1 Å². The van der Waals surface area contributed by atoms with Crippen LogP contribution < -0.4 is 4.74 Å². The molecule has 0 radical (unpaired) electrons. The fraction of sp³-hybridized carbons (Fsp3) is 0.611. The van der Waals surface area contributed by atoms with Crippen LogP contribution in [-0.2, 0) is 4.79 Å². The Morgan fingerprint density at radius 3 is 2.24 bits per heavy atom. The first-order valence-corrected chi connectivity index (χ1v) is 7.60. The second-order valence-electron chi connectivity index (χ2n) is 7.36. The van der Waals surface area contributed by atoms with Gasteiger partial charge in [0.15, 0.2) is 0 Å². The van der Waals surface area contributed by atoms with Crippen molar-refractivity contribution in [2.45, 2.75) is 59.5 Å². The quantitative estimate of drug-likeness (QED) is 0.788. The molecule has 0 spiro atoms. The van der Waals surface area contributed by atoms with Crippen molar-refractivity contribution in [3.63, 3.8) is 0 Å². The van der Waals surface area contributed by atoms with Crippen molar-refractivity contribution in [2.75, 3.05) is 0 Å². The van der Waals surface area contributed by atoms with Crippen molar-refractivity contribution in [3.8, 4) is 5.75 Å². The summed E-state index contributed by atoms with van der Waals surface area (Å²) in [4.78, 5) is 11.6. The van der Waals surface area contributed by atoms with Crippen LogP contribution in [0.3, 0.4) is 0 Å². The lowest BCUT2D eigenvalue weighted by Gasteiger charge is -2.29. The molecule has 0 saturated heterocycles. The first-order chi connectivity index (χ1) is 9.62. The number of hydrogen-bond donors (Lipinski definition) is 1. The van der Waals surface area contributed by atoms with Gasteiger partial charge >= 0.3 is 5.97 Å². The van der Waals surface area contributed by atoms with Gasteiger partial charge in [0.25, 0.3) is 0 Å². The number of para-hydroxylation sites is 1. The van der Waals surface area contributed by atoms with E-state index in [0.29, 0.717) is 18.1 Å². The van der Waals surface area contributed by atoms with Gasteiger partial charge in [-0.15, -0.1) is 0 Å². The molecule has 3 nitrogen and oxygen atoms in total. The minimum Gasteiger partial charge on any atom is -0.478 e. The predicted octanol–water partition coefficient (Wildman–Crippen LogP) is 4.76. The molecule has 1 aromatic carbocycles. The van der Waals surface area contributed by atoms with Gasteiger partial charge in [-0.25, -0.2) is 4.79 Å². The molecular formula is C18H28O3. The van der Waals surface area contributed by atoms with Crippen LogP contribution in [0.1, 0.15) is 53.9 Å². The van der Waals surface area contributed by atoms with Gasteiger partial charge in [-0.3, -0.25) is 0 Å². The SMILES string of the molecule is CC(CCC(C)(Oc1ccccc1)C(=O)O)CC(C)(C)C. The zero-order valence-corrected chi connectivity index (χ0v) is 13.8. The van der Waals surface area contributed by atoms with Gasteiger partial charge in [0.05, 0.1) is 0 Å². The molecule has 2 unspecified atom stereocenters. The van der Waals surface area contributed by atoms with E-state index in [2.05, 4.69) is 27.7 Å². The second kappa shape index (κ2) is 6.97. The van der Waals surface area contributed by atoms with Gasteiger partial charge in [0.2, 0.25) is 5.60 Å². The summed E-state index contributed by atoms with van der Waals surface area (Å²) in [6, 6.07) is 9.16. The van der Waals surface area contributed by atoms with Crippen molar-refractivity contribution in [3.05, 3.63) is 30.3 Å². The van der Waals surface area contributed by atoms with E-state index in [0.717, 1.165) is 12.8 Å². The fourth-order valence-electron chi connectivity index (χ4n) is 2.62. The molecular weight excluding hydrogens is 264 g/mol. The van der Waals surface area contributed by atoms with Crippen LogP contribution in [0.4, 0.5) is 0 Å². The number of aliphatic carboxylic acids is 1. The molecule has 0 aliphatic heterocycles. The molecule has 2 atom stereocenters. The number of ether oxygens (including phenoxy) is 1. The van der Waals surface area contributed by atoms with E-state index in [1.807, 2.05) is 18.2 Å². The Morgan fingerprint density at radius 2 is 1.76 bits per heavy atom. The molecule has 0 amide bonds. The Balaban J connectivity index is 2.67. The molecule has 0 saturated carbocycles. The summed E-state index contributed by atoms with van der Waals surface area (Å²) in [6.07, 6.45) is 2.43. The highest BCUT2D eigenvalue weighted by molar-refractivity contribution is 5.77. The third kappa shape index (κ3) is 6.19. The Labute approximate surface area is 128 Å². The average Bonchev–Trinajstić information content (AvgIpc) is 2.35. The maximum absolute atomic E-state index is 11.6. The van der Waals surface area contributed by atoms with Crippen LogP contribution in [0.15, 0.2) is 30.3 Å². The number of benzene rings is 1.